The summed E-state index contributed by atoms with van der Waals surface area (Å²) in [6, 6.07) is 17.9. The van der Waals surface area contributed by atoms with Crippen LogP contribution < -0.4 is 10.5 Å². The number of aromatic amines is 1. The van der Waals surface area contributed by atoms with E-state index in [9.17, 15) is 10.1 Å². The van der Waals surface area contributed by atoms with Crippen molar-refractivity contribution < 1.29 is 0 Å². The molecule has 5 rings (SSSR count). The number of nitriles is 1. The van der Waals surface area contributed by atoms with Crippen LogP contribution in [0.5, 0.6) is 0 Å². The van der Waals surface area contributed by atoms with Gasteiger partial charge in [-0.1, -0.05) is 29.8 Å². The lowest BCUT2D eigenvalue weighted by Gasteiger charge is -2.25. The Balaban J connectivity index is 1.90. The van der Waals surface area contributed by atoms with Crippen molar-refractivity contribution >= 4 is 33.9 Å². The zero-order valence-corrected chi connectivity index (χ0v) is 15.8. The monoisotopic (exact) mass is 386 g/mol. The molecule has 6 heteroatoms. The van der Waals surface area contributed by atoms with Gasteiger partial charge in [0.25, 0.3) is 5.56 Å². The largest absolute Gasteiger partial charge is 0.342 e. The number of para-hydroxylation sites is 1. The number of anilines is 2. The maximum atomic E-state index is 12.7. The number of rotatable bonds is 1. The number of aryl methyl sites for hydroxylation is 1. The lowest BCUT2D eigenvalue weighted by Crippen LogP contribution is -2.17. The first-order valence-electron chi connectivity index (χ1n) is 8.85. The van der Waals surface area contributed by atoms with Gasteiger partial charge >= 0.3 is 0 Å². The van der Waals surface area contributed by atoms with Gasteiger partial charge in [0.15, 0.2) is 0 Å². The molecule has 0 saturated heterocycles. The molecule has 0 fully saturated rings. The van der Waals surface area contributed by atoms with Crippen LogP contribution in [0.15, 0.2) is 59.5 Å². The molecule has 0 atom stereocenters. The minimum atomic E-state index is -0.140. The van der Waals surface area contributed by atoms with Crippen LogP contribution in [0, 0.1) is 11.3 Å². The number of aromatic nitrogens is 2. The summed E-state index contributed by atoms with van der Waals surface area (Å²) in [4.78, 5) is 17.9. The molecule has 2 aromatic carbocycles. The topological polar surface area (TPSA) is 64.8 Å². The zero-order valence-electron chi connectivity index (χ0n) is 15.0. The fraction of sp³-hybridized carbons (Fsp3) is 0.0909. The maximum Gasteiger partial charge on any atom is 0.274 e. The highest BCUT2D eigenvalue weighted by Crippen LogP contribution is 2.44. The molecular formula is C22H15ClN4O. The van der Waals surface area contributed by atoms with Crippen LogP contribution in [-0.4, -0.2) is 9.55 Å². The van der Waals surface area contributed by atoms with Crippen molar-refractivity contribution in [1.82, 2.24) is 9.55 Å². The third-order valence-corrected chi connectivity index (χ3v) is 5.53. The summed E-state index contributed by atoms with van der Waals surface area (Å²) >= 11 is 6.08. The molecule has 0 aliphatic carbocycles. The summed E-state index contributed by atoms with van der Waals surface area (Å²) in [6.45, 7) is 0.474. The Labute approximate surface area is 166 Å². The highest BCUT2D eigenvalue weighted by atomic mass is 35.5. The normalized spacial score (nSPS) is 12.5. The molecular weight excluding hydrogens is 372 g/mol. The Morgan fingerprint density at radius 3 is 2.61 bits per heavy atom. The number of H-pyrrole nitrogens is 1. The Morgan fingerprint density at radius 2 is 1.86 bits per heavy atom. The number of benzene rings is 2. The predicted molar refractivity (Wildman–Crippen MR) is 111 cm³/mol. The molecule has 5 nitrogen and oxygen atoms in total. The van der Waals surface area contributed by atoms with Crippen molar-refractivity contribution in [2.75, 3.05) is 4.90 Å². The number of hydrogen-bond donors (Lipinski definition) is 1. The molecule has 0 radical (unpaired) electrons. The lowest BCUT2D eigenvalue weighted by atomic mass is 10.0. The summed E-state index contributed by atoms with van der Waals surface area (Å²) < 4.78 is 1.56. The number of pyridine rings is 1. The second-order valence-electron chi connectivity index (χ2n) is 6.88. The summed E-state index contributed by atoms with van der Waals surface area (Å²) in [7, 11) is 1.73. The fourth-order valence-electron chi connectivity index (χ4n) is 3.98. The van der Waals surface area contributed by atoms with E-state index in [0.717, 1.165) is 33.5 Å². The molecule has 0 spiro atoms. The van der Waals surface area contributed by atoms with E-state index in [2.05, 4.69) is 22.0 Å². The van der Waals surface area contributed by atoms with E-state index in [4.69, 9.17) is 11.6 Å². The van der Waals surface area contributed by atoms with Gasteiger partial charge in [0.05, 0.1) is 6.54 Å². The van der Waals surface area contributed by atoms with Crippen molar-refractivity contribution in [1.29, 1.82) is 5.26 Å². The molecule has 4 aromatic rings. The molecule has 1 N–H and O–H groups in total. The van der Waals surface area contributed by atoms with Gasteiger partial charge in [-0.15, -0.1) is 0 Å². The average molecular weight is 387 g/mol. The third kappa shape index (κ3) is 2.29. The zero-order chi connectivity index (χ0) is 19.4. The van der Waals surface area contributed by atoms with Gasteiger partial charge in [0, 0.05) is 51.7 Å². The van der Waals surface area contributed by atoms with E-state index < -0.39 is 0 Å². The Morgan fingerprint density at radius 1 is 1.11 bits per heavy atom. The first-order valence-corrected chi connectivity index (χ1v) is 9.23. The van der Waals surface area contributed by atoms with Crippen LogP contribution in [0.1, 0.15) is 11.3 Å². The molecule has 1 aliphatic rings. The van der Waals surface area contributed by atoms with E-state index in [1.54, 1.807) is 11.6 Å². The molecule has 2 aromatic heterocycles. The molecule has 136 valence electrons. The Hall–Kier alpha value is -3.49. The number of hydrogen-bond acceptors (Lipinski definition) is 3. The van der Waals surface area contributed by atoms with Gasteiger partial charge < -0.3 is 14.5 Å². The van der Waals surface area contributed by atoms with E-state index in [-0.39, 0.29) is 5.56 Å². The first kappa shape index (κ1) is 16.7. The van der Waals surface area contributed by atoms with Crippen molar-refractivity contribution in [2.45, 2.75) is 6.54 Å². The second-order valence-corrected chi connectivity index (χ2v) is 7.32. The minimum absolute atomic E-state index is 0.140. The van der Waals surface area contributed by atoms with Crippen molar-refractivity contribution in [2.24, 2.45) is 7.05 Å². The van der Waals surface area contributed by atoms with Crippen LogP contribution >= 0.6 is 11.6 Å². The van der Waals surface area contributed by atoms with Gasteiger partial charge in [-0.3, -0.25) is 4.79 Å². The highest BCUT2D eigenvalue weighted by Gasteiger charge is 2.27. The standard InChI is InChI=1S/C22H15ClN4O/c1-26-11-16-15-4-2-3-5-19(15)27(14-8-6-13(23)7-9-14)12-17-18(10-24)25-21(20(16)17)22(26)28/h2-9,11,25H,12H2,1H3. The van der Waals surface area contributed by atoms with Crippen LogP contribution in [0.25, 0.3) is 22.0 Å². The van der Waals surface area contributed by atoms with Gasteiger partial charge in [-0.2, -0.15) is 5.26 Å². The van der Waals surface area contributed by atoms with Crippen LogP contribution in [-0.2, 0) is 13.6 Å². The number of nitrogens with zero attached hydrogens (tertiary/aromatic N) is 3. The second kappa shape index (κ2) is 6.01. The van der Waals surface area contributed by atoms with Crippen LogP contribution in [0.4, 0.5) is 11.4 Å². The van der Waals surface area contributed by atoms with Crippen molar-refractivity contribution in [3.05, 3.63) is 81.4 Å². The molecule has 0 amide bonds. The summed E-state index contributed by atoms with van der Waals surface area (Å²) in [6.07, 6.45) is 1.85. The smallest absolute Gasteiger partial charge is 0.274 e. The lowest BCUT2D eigenvalue weighted by molar-refractivity contribution is 0.872. The Bertz CT molecular complexity index is 1340. The average Bonchev–Trinajstić information content (AvgIpc) is 3.01. The SMILES string of the molecule is Cn1cc2c3c(c(C#N)[nH]c3c1=O)CN(c1ccc(Cl)cc1)c1ccccc1-2. The molecule has 1 aliphatic heterocycles. The number of halogens is 1. The third-order valence-electron chi connectivity index (χ3n) is 5.28. The van der Waals surface area contributed by atoms with Gasteiger partial charge in [-0.05, 0) is 30.3 Å². The highest BCUT2D eigenvalue weighted by molar-refractivity contribution is 6.30. The van der Waals surface area contributed by atoms with Gasteiger partial charge in [0.2, 0.25) is 0 Å². The number of fused-ring (bicyclic) bond motifs is 2. The van der Waals surface area contributed by atoms with Gasteiger partial charge in [-0.25, -0.2) is 0 Å². The summed E-state index contributed by atoms with van der Waals surface area (Å²) in [5.41, 5.74) is 5.53. The Kier molecular flexibility index (Phi) is 3.58. The minimum Gasteiger partial charge on any atom is -0.342 e. The molecule has 28 heavy (non-hydrogen) atoms. The van der Waals surface area contributed by atoms with Crippen molar-refractivity contribution in [3.63, 3.8) is 0 Å². The summed E-state index contributed by atoms with van der Waals surface area (Å²) in [5, 5.41) is 11.2. The predicted octanol–water partition coefficient (Wildman–Crippen LogP) is 4.71. The van der Waals surface area contributed by atoms with Crippen molar-refractivity contribution in [3.8, 4) is 17.2 Å². The van der Waals surface area contributed by atoms with Crippen LogP contribution in [0.3, 0.4) is 0 Å². The van der Waals surface area contributed by atoms with E-state index in [1.807, 2.05) is 48.7 Å². The van der Waals surface area contributed by atoms with E-state index in [1.165, 1.54) is 0 Å². The van der Waals surface area contributed by atoms with E-state index in [0.29, 0.717) is 22.8 Å². The molecule has 0 unspecified atom stereocenters. The summed E-state index contributed by atoms with van der Waals surface area (Å²) in [5.74, 6) is 0. The molecule has 0 saturated carbocycles. The van der Waals surface area contributed by atoms with Crippen LogP contribution in [0.2, 0.25) is 5.02 Å². The number of nitrogens with one attached hydrogen (secondary N) is 1. The maximum absolute atomic E-state index is 12.7. The molecule has 0 bridgehead atoms. The first-order chi connectivity index (χ1) is 13.6. The fourth-order valence-corrected chi connectivity index (χ4v) is 4.10. The quantitative estimate of drug-likeness (QED) is 0.515. The van der Waals surface area contributed by atoms with E-state index >= 15 is 0 Å². The molecule has 3 heterocycles. The van der Waals surface area contributed by atoms with Gasteiger partial charge in [0.1, 0.15) is 17.3 Å².